The molecule has 0 aliphatic carbocycles. The summed E-state index contributed by atoms with van der Waals surface area (Å²) in [7, 11) is 0. The van der Waals surface area contributed by atoms with Crippen LogP contribution in [0.3, 0.4) is 0 Å². The molecule has 1 aromatic heterocycles. The van der Waals surface area contributed by atoms with E-state index in [1.54, 1.807) is 24.3 Å². The molecular formula is C11H6Cl3NO. The first-order chi connectivity index (χ1) is 7.54. The van der Waals surface area contributed by atoms with Crippen molar-refractivity contribution in [3.05, 3.63) is 55.9 Å². The second-order valence-electron chi connectivity index (χ2n) is 3.24. The van der Waals surface area contributed by atoms with Crippen molar-refractivity contribution < 1.29 is 0 Å². The summed E-state index contributed by atoms with van der Waals surface area (Å²) >= 11 is 17.5. The van der Waals surface area contributed by atoms with Gasteiger partial charge in [0.05, 0.1) is 0 Å². The van der Waals surface area contributed by atoms with Gasteiger partial charge in [0.2, 0.25) is 5.56 Å². The summed E-state index contributed by atoms with van der Waals surface area (Å²) < 4.78 is 0. The second kappa shape index (κ2) is 4.50. The van der Waals surface area contributed by atoms with Crippen molar-refractivity contribution in [2.45, 2.75) is 0 Å². The van der Waals surface area contributed by atoms with Gasteiger partial charge in [-0.05, 0) is 35.4 Å². The van der Waals surface area contributed by atoms with Crippen LogP contribution in [-0.4, -0.2) is 4.98 Å². The minimum Gasteiger partial charge on any atom is -0.313 e. The zero-order valence-electron chi connectivity index (χ0n) is 7.93. The predicted molar refractivity (Wildman–Crippen MR) is 67.5 cm³/mol. The van der Waals surface area contributed by atoms with Gasteiger partial charge in [-0.15, -0.1) is 0 Å². The lowest BCUT2D eigenvalue weighted by molar-refractivity contribution is 1.24. The number of nitrogens with one attached hydrogen (secondary N) is 1. The third-order valence-electron chi connectivity index (χ3n) is 2.01. The van der Waals surface area contributed by atoms with Crippen molar-refractivity contribution in [3.8, 4) is 11.1 Å². The molecule has 0 saturated heterocycles. The molecule has 0 spiro atoms. The Morgan fingerprint density at radius 2 is 1.38 bits per heavy atom. The van der Waals surface area contributed by atoms with Crippen molar-refractivity contribution >= 4 is 34.8 Å². The molecule has 82 valence electrons. The van der Waals surface area contributed by atoms with Gasteiger partial charge in [-0.2, -0.15) is 0 Å². The van der Waals surface area contributed by atoms with Gasteiger partial charge in [0.15, 0.2) is 0 Å². The lowest BCUT2D eigenvalue weighted by Crippen LogP contribution is -2.03. The molecule has 0 radical (unpaired) electrons. The Bertz CT molecular complexity index is 572. The molecule has 0 fully saturated rings. The number of H-pyrrole nitrogens is 1. The molecule has 1 heterocycles. The summed E-state index contributed by atoms with van der Waals surface area (Å²) in [6.07, 6.45) is 0. The molecule has 0 unspecified atom stereocenters. The van der Waals surface area contributed by atoms with Crippen LogP contribution in [0.15, 0.2) is 35.1 Å². The maximum Gasteiger partial charge on any atom is 0.249 e. The molecule has 0 saturated carbocycles. The summed E-state index contributed by atoms with van der Waals surface area (Å²) in [4.78, 5) is 13.7. The Morgan fingerprint density at radius 3 is 1.94 bits per heavy atom. The maximum atomic E-state index is 11.2. The largest absolute Gasteiger partial charge is 0.313 e. The van der Waals surface area contributed by atoms with Crippen LogP contribution in [0.4, 0.5) is 0 Å². The number of hydrogen-bond donors (Lipinski definition) is 1. The van der Waals surface area contributed by atoms with Crippen molar-refractivity contribution in [2.75, 3.05) is 0 Å². The van der Waals surface area contributed by atoms with Gasteiger partial charge in [-0.3, -0.25) is 4.79 Å². The number of aromatic amines is 1. The number of rotatable bonds is 1. The van der Waals surface area contributed by atoms with E-state index in [0.717, 1.165) is 5.56 Å². The zero-order valence-corrected chi connectivity index (χ0v) is 10.2. The van der Waals surface area contributed by atoms with Crippen molar-refractivity contribution in [1.82, 2.24) is 4.98 Å². The van der Waals surface area contributed by atoms with Crippen LogP contribution in [0.25, 0.3) is 11.1 Å². The monoisotopic (exact) mass is 273 g/mol. The van der Waals surface area contributed by atoms with E-state index in [9.17, 15) is 4.79 Å². The van der Waals surface area contributed by atoms with Gasteiger partial charge in [0, 0.05) is 16.1 Å². The first-order valence-corrected chi connectivity index (χ1v) is 5.54. The molecule has 0 atom stereocenters. The highest BCUT2D eigenvalue weighted by Crippen LogP contribution is 2.27. The van der Waals surface area contributed by atoms with E-state index < -0.39 is 0 Å². The Labute approximate surface area is 107 Å². The molecule has 0 bridgehead atoms. The van der Waals surface area contributed by atoms with Crippen LogP contribution in [0.2, 0.25) is 15.2 Å². The molecule has 5 heteroatoms. The summed E-state index contributed by atoms with van der Waals surface area (Å²) in [5, 5.41) is 1.30. The number of benzene rings is 1. The molecule has 0 aliphatic heterocycles. The normalized spacial score (nSPS) is 10.4. The fourth-order valence-corrected chi connectivity index (χ4v) is 2.13. The van der Waals surface area contributed by atoms with Gasteiger partial charge < -0.3 is 4.98 Å². The van der Waals surface area contributed by atoms with E-state index in [4.69, 9.17) is 34.8 Å². The van der Waals surface area contributed by atoms with Crippen LogP contribution in [-0.2, 0) is 0 Å². The molecular weight excluding hydrogens is 268 g/mol. The molecule has 1 aromatic carbocycles. The van der Waals surface area contributed by atoms with E-state index in [1.807, 2.05) is 0 Å². The van der Waals surface area contributed by atoms with Crippen LogP contribution < -0.4 is 5.56 Å². The lowest BCUT2D eigenvalue weighted by Gasteiger charge is -2.03. The fraction of sp³-hybridized carbons (Fsp3) is 0. The van der Waals surface area contributed by atoms with E-state index in [-0.39, 0.29) is 10.7 Å². The second-order valence-corrected chi connectivity index (χ2v) is 4.52. The molecule has 16 heavy (non-hydrogen) atoms. The van der Waals surface area contributed by atoms with E-state index in [1.165, 1.54) is 6.07 Å². The summed E-state index contributed by atoms with van der Waals surface area (Å²) in [5.74, 6) is 0. The van der Waals surface area contributed by atoms with E-state index >= 15 is 0 Å². The van der Waals surface area contributed by atoms with Gasteiger partial charge >= 0.3 is 0 Å². The first-order valence-electron chi connectivity index (χ1n) is 4.41. The van der Waals surface area contributed by atoms with E-state index in [2.05, 4.69) is 4.98 Å². The summed E-state index contributed by atoms with van der Waals surface area (Å²) in [6.45, 7) is 0. The molecule has 2 aromatic rings. The molecule has 0 aliphatic rings. The molecule has 1 N–H and O–H groups in total. The Morgan fingerprint density at radius 1 is 0.812 bits per heavy atom. The van der Waals surface area contributed by atoms with Crippen LogP contribution in [0.1, 0.15) is 0 Å². The Kier molecular flexibility index (Phi) is 3.24. The standard InChI is InChI=1S/C11H6Cl3NO/c12-8-1-6(2-9(13)5-8)7-3-10(14)15-11(16)4-7/h1-5H,(H,15,16). The highest BCUT2D eigenvalue weighted by molar-refractivity contribution is 6.35. The number of halogens is 3. The summed E-state index contributed by atoms with van der Waals surface area (Å²) in [6, 6.07) is 8.15. The minimum absolute atomic E-state index is 0.265. The van der Waals surface area contributed by atoms with Crippen LogP contribution >= 0.6 is 34.8 Å². The van der Waals surface area contributed by atoms with Crippen LogP contribution in [0, 0.1) is 0 Å². The number of aromatic nitrogens is 1. The zero-order chi connectivity index (χ0) is 11.7. The first kappa shape index (κ1) is 11.5. The predicted octanol–water partition coefficient (Wildman–Crippen LogP) is 4.00. The highest BCUT2D eigenvalue weighted by Gasteiger charge is 2.03. The third-order valence-corrected chi connectivity index (χ3v) is 2.65. The van der Waals surface area contributed by atoms with Crippen LogP contribution in [0.5, 0.6) is 0 Å². The smallest absolute Gasteiger partial charge is 0.249 e. The highest BCUT2D eigenvalue weighted by atomic mass is 35.5. The van der Waals surface area contributed by atoms with Gasteiger partial charge in [0.25, 0.3) is 0 Å². The van der Waals surface area contributed by atoms with Gasteiger partial charge in [-0.1, -0.05) is 34.8 Å². The Hall–Kier alpha value is -0.960. The molecule has 2 rings (SSSR count). The fourth-order valence-electron chi connectivity index (χ4n) is 1.40. The lowest BCUT2D eigenvalue weighted by atomic mass is 10.1. The topological polar surface area (TPSA) is 32.9 Å². The van der Waals surface area contributed by atoms with Crippen molar-refractivity contribution in [2.24, 2.45) is 0 Å². The Balaban J connectivity index is 2.62. The number of pyridine rings is 1. The number of hydrogen-bond acceptors (Lipinski definition) is 1. The SMILES string of the molecule is O=c1cc(-c2cc(Cl)cc(Cl)c2)cc(Cl)[nH]1. The van der Waals surface area contributed by atoms with Gasteiger partial charge in [-0.25, -0.2) is 0 Å². The average molecular weight is 275 g/mol. The summed E-state index contributed by atoms with van der Waals surface area (Å²) in [5.41, 5.74) is 1.17. The minimum atomic E-state index is -0.265. The molecule has 2 nitrogen and oxygen atoms in total. The average Bonchev–Trinajstić information content (AvgIpc) is 2.14. The quantitative estimate of drug-likeness (QED) is 0.783. The third kappa shape index (κ3) is 2.59. The van der Waals surface area contributed by atoms with Gasteiger partial charge in [0.1, 0.15) is 5.15 Å². The van der Waals surface area contributed by atoms with Crippen molar-refractivity contribution in [1.29, 1.82) is 0 Å². The van der Waals surface area contributed by atoms with E-state index in [0.29, 0.717) is 15.6 Å². The maximum absolute atomic E-state index is 11.2. The van der Waals surface area contributed by atoms with Crippen molar-refractivity contribution in [3.63, 3.8) is 0 Å². The molecule has 0 amide bonds.